The maximum absolute atomic E-state index is 14.9. The highest BCUT2D eigenvalue weighted by molar-refractivity contribution is 7.23. The lowest BCUT2D eigenvalue weighted by atomic mass is 9.95. The Bertz CT molecular complexity index is 1990. The molecule has 2 N–H and O–H groups in total. The minimum absolute atomic E-state index is 0.0258. The van der Waals surface area contributed by atoms with Gasteiger partial charge in [-0.05, 0) is 37.6 Å². The molecule has 3 aromatic heterocycles. The van der Waals surface area contributed by atoms with Crippen molar-refractivity contribution in [2.75, 3.05) is 45.7 Å². The molecule has 6 heterocycles. The molecule has 3 aliphatic rings. The van der Waals surface area contributed by atoms with Gasteiger partial charge in [-0.3, -0.25) is 14.7 Å². The molecular weight excluding hydrogens is 664 g/mol. The summed E-state index contributed by atoms with van der Waals surface area (Å²) in [7, 11) is 1.55. The summed E-state index contributed by atoms with van der Waals surface area (Å²) in [6.07, 6.45) is 3.90. The summed E-state index contributed by atoms with van der Waals surface area (Å²) in [6.45, 7) is 5.59. The summed E-state index contributed by atoms with van der Waals surface area (Å²) in [4.78, 5) is 30.3. The number of carbonyl (C=O) groups excluding carboxylic acids is 1. The van der Waals surface area contributed by atoms with Crippen LogP contribution in [0.15, 0.2) is 31.0 Å². The third kappa shape index (κ3) is 5.38. The number of aromatic nitrogens is 3. The second kappa shape index (κ2) is 12.7. The third-order valence-electron chi connectivity index (χ3n) is 9.59. The molecule has 3 aliphatic heterocycles. The molecule has 1 amide bonds. The van der Waals surface area contributed by atoms with Crippen molar-refractivity contribution in [2.24, 2.45) is 0 Å². The highest BCUT2D eigenvalue weighted by Gasteiger charge is 2.49. The summed E-state index contributed by atoms with van der Waals surface area (Å²) in [5, 5.41) is 10.8. The predicted molar refractivity (Wildman–Crippen MR) is 177 cm³/mol. The predicted octanol–water partition coefficient (Wildman–Crippen LogP) is 5.29. The molecule has 4 aromatic rings. The number of benzene rings is 1. The van der Waals surface area contributed by atoms with Crippen LogP contribution in [0.5, 0.6) is 11.9 Å². The van der Waals surface area contributed by atoms with Crippen molar-refractivity contribution in [1.29, 1.82) is 5.26 Å². The second-order valence-corrected chi connectivity index (χ2v) is 13.7. The molecule has 15 heteroatoms. The number of hydrogen-bond acceptors (Lipinski definition) is 11. The van der Waals surface area contributed by atoms with E-state index in [1.165, 1.54) is 24.4 Å². The second-order valence-electron chi connectivity index (χ2n) is 12.3. The highest BCUT2D eigenvalue weighted by Crippen LogP contribution is 2.45. The van der Waals surface area contributed by atoms with Crippen molar-refractivity contribution in [3.8, 4) is 29.2 Å². The molecule has 48 heavy (non-hydrogen) atoms. The lowest BCUT2D eigenvalue weighted by Crippen LogP contribution is -2.44. The van der Waals surface area contributed by atoms with Crippen LogP contribution in [0.25, 0.3) is 32.2 Å². The number of nitrogens with zero attached hydrogens (tertiary/aromatic N) is 6. The summed E-state index contributed by atoms with van der Waals surface area (Å²) >= 11 is 8.04. The van der Waals surface area contributed by atoms with E-state index in [9.17, 15) is 18.8 Å². The molecule has 7 rings (SSSR count). The molecule has 0 radical (unpaired) electrons. The number of amides is 1. The first kappa shape index (κ1) is 32.4. The first-order chi connectivity index (χ1) is 23.2. The number of ether oxygens (including phenoxy) is 3. The number of anilines is 1. The monoisotopic (exact) mass is 695 g/mol. The van der Waals surface area contributed by atoms with Crippen LogP contribution in [-0.4, -0.2) is 94.5 Å². The van der Waals surface area contributed by atoms with Gasteiger partial charge in [0.15, 0.2) is 0 Å². The number of nitrogen functional groups attached to an aromatic ring is 1. The van der Waals surface area contributed by atoms with Gasteiger partial charge >= 0.3 is 6.01 Å². The van der Waals surface area contributed by atoms with E-state index in [2.05, 4.69) is 32.5 Å². The number of likely N-dealkylation sites (tertiary alicyclic amines) is 1. The van der Waals surface area contributed by atoms with Gasteiger partial charge in [-0.25, -0.2) is 8.78 Å². The Labute approximate surface area is 283 Å². The van der Waals surface area contributed by atoms with Crippen molar-refractivity contribution < 1.29 is 27.8 Å². The zero-order valence-corrected chi connectivity index (χ0v) is 27.6. The Morgan fingerprint density at radius 2 is 2.19 bits per heavy atom. The molecule has 4 unspecified atom stereocenters. The van der Waals surface area contributed by atoms with Gasteiger partial charge in [0.2, 0.25) is 11.8 Å². The van der Waals surface area contributed by atoms with Crippen molar-refractivity contribution in [1.82, 2.24) is 24.8 Å². The zero-order valence-electron chi connectivity index (χ0n) is 26.0. The van der Waals surface area contributed by atoms with Crippen LogP contribution in [0, 0.1) is 17.1 Å². The maximum atomic E-state index is 14.9. The summed E-state index contributed by atoms with van der Waals surface area (Å²) in [5.41, 5.74) is 6.65. The van der Waals surface area contributed by atoms with Crippen LogP contribution in [-0.2, 0) is 9.53 Å². The average Bonchev–Trinajstić information content (AvgIpc) is 3.82. The molecule has 3 saturated heterocycles. The van der Waals surface area contributed by atoms with Crippen LogP contribution in [0.1, 0.15) is 31.2 Å². The van der Waals surface area contributed by atoms with Gasteiger partial charge in [0.25, 0.3) is 0 Å². The largest absolute Gasteiger partial charge is 0.471 e. The molecule has 4 atom stereocenters. The lowest BCUT2D eigenvalue weighted by molar-refractivity contribution is -0.128. The van der Waals surface area contributed by atoms with Crippen LogP contribution >= 0.6 is 22.9 Å². The van der Waals surface area contributed by atoms with E-state index >= 15 is 0 Å². The highest BCUT2D eigenvalue weighted by atomic mass is 35.5. The van der Waals surface area contributed by atoms with Gasteiger partial charge in [0.05, 0.1) is 44.6 Å². The van der Waals surface area contributed by atoms with Crippen LogP contribution in [0.2, 0.25) is 5.02 Å². The fourth-order valence-corrected chi connectivity index (χ4v) is 8.61. The molecule has 11 nitrogen and oxygen atoms in total. The number of nitrogens with two attached hydrogens (primary N) is 1. The van der Waals surface area contributed by atoms with Crippen LogP contribution in [0.3, 0.4) is 0 Å². The topological polar surface area (TPSA) is 140 Å². The number of methoxy groups -OCH3 is 1. The number of nitriles is 1. The molecule has 0 spiro atoms. The maximum Gasteiger partial charge on any atom is 0.320 e. The van der Waals surface area contributed by atoms with Crippen LogP contribution in [0.4, 0.5) is 13.8 Å². The van der Waals surface area contributed by atoms with E-state index in [1.807, 2.05) is 0 Å². The Morgan fingerprint density at radius 1 is 1.35 bits per heavy atom. The lowest BCUT2D eigenvalue weighted by Gasteiger charge is -2.31. The van der Waals surface area contributed by atoms with Gasteiger partial charge in [0, 0.05) is 50.2 Å². The molecule has 3 fully saturated rings. The van der Waals surface area contributed by atoms with E-state index in [4.69, 9.17) is 31.5 Å². The van der Waals surface area contributed by atoms with Gasteiger partial charge < -0.3 is 24.8 Å². The first-order valence-electron chi connectivity index (χ1n) is 15.6. The van der Waals surface area contributed by atoms with Crippen LogP contribution < -0.4 is 15.2 Å². The minimum Gasteiger partial charge on any atom is -0.471 e. The van der Waals surface area contributed by atoms with E-state index in [-0.39, 0.29) is 62.5 Å². The van der Waals surface area contributed by atoms with Gasteiger partial charge in [-0.15, -0.1) is 11.3 Å². The van der Waals surface area contributed by atoms with Crippen molar-refractivity contribution in [3.05, 3.63) is 47.4 Å². The summed E-state index contributed by atoms with van der Waals surface area (Å²) in [6, 6.07) is 4.40. The first-order valence-corrected chi connectivity index (χ1v) is 16.7. The molecule has 0 bridgehead atoms. The fraction of sp³-hybridized carbons (Fsp3) is 0.424. The van der Waals surface area contributed by atoms with Crippen molar-refractivity contribution in [2.45, 2.75) is 49.5 Å². The fourth-order valence-electron chi connectivity index (χ4n) is 7.36. The number of thiophene rings is 1. The number of carbonyl (C=O) groups is 1. The van der Waals surface area contributed by atoms with Gasteiger partial charge in [-0.1, -0.05) is 18.2 Å². The third-order valence-corrected chi connectivity index (χ3v) is 11.0. The number of pyridine rings is 1. The standard InChI is InChI=1S/C33H32ClF2N7O4S/c1-3-24(44)43-10-7-23(22(43)15-45-2)47-31-20-13-39-27(18-5-6-21(36)29-25(18)19(12-37)30(38)48-29)26(34)28(20)40-32(41-31)46-16-33-8-4-9-42(33)14-17(35)11-33/h3,5-6,13,17,22-23H,1,4,7-11,14-16,38H2,2H3. The van der Waals surface area contributed by atoms with E-state index < -0.39 is 29.7 Å². The molecule has 0 aliphatic carbocycles. The molecule has 250 valence electrons. The Hall–Kier alpha value is -4.16. The number of fused-ring (bicyclic) bond motifs is 3. The zero-order chi connectivity index (χ0) is 33.7. The van der Waals surface area contributed by atoms with E-state index in [0.29, 0.717) is 42.3 Å². The molecular formula is C33H32ClF2N7O4S. The summed E-state index contributed by atoms with van der Waals surface area (Å²) < 4.78 is 47.7. The molecule has 1 aromatic carbocycles. The Morgan fingerprint density at radius 3 is 2.96 bits per heavy atom. The Kier molecular flexibility index (Phi) is 8.57. The summed E-state index contributed by atoms with van der Waals surface area (Å²) in [5.74, 6) is -0.632. The average molecular weight is 696 g/mol. The van der Waals surface area contributed by atoms with E-state index in [1.54, 1.807) is 12.0 Å². The minimum atomic E-state index is -0.938. The Balaban J connectivity index is 1.33. The smallest absolute Gasteiger partial charge is 0.320 e. The number of halogens is 3. The number of hydrogen-bond donors (Lipinski definition) is 1. The number of rotatable bonds is 9. The van der Waals surface area contributed by atoms with Gasteiger partial charge in [0.1, 0.15) is 41.3 Å². The number of alkyl halides is 1. The SMILES string of the molecule is C=CC(=O)N1CCC(Oc2nc(OCC34CCCN3CC(F)C4)nc3c(Cl)c(-c4ccc(F)c5sc(N)c(C#N)c45)ncc23)C1COC. The van der Waals surface area contributed by atoms with Crippen molar-refractivity contribution >= 4 is 54.8 Å². The quantitative estimate of drug-likeness (QED) is 0.230. The van der Waals surface area contributed by atoms with E-state index in [0.717, 1.165) is 30.7 Å². The normalized spacial score (nSPS) is 23.9. The van der Waals surface area contributed by atoms with Crippen molar-refractivity contribution in [3.63, 3.8) is 0 Å². The van der Waals surface area contributed by atoms with Gasteiger partial charge in [-0.2, -0.15) is 15.2 Å². The molecule has 0 saturated carbocycles.